The van der Waals surface area contributed by atoms with Gasteiger partial charge in [0.1, 0.15) is 5.54 Å². The molecule has 0 aromatic rings. The van der Waals surface area contributed by atoms with Crippen LogP contribution in [0.25, 0.3) is 0 Å². The lowest BCUT2D eigenvalue weighted by molar-refractivity contribution is 0.105. The first-order valence-corrected chi connectivity index (χ1v) is 6.09. The molecule has 1 N–H and O–H groups in total. The maximum absolute atomic E-state index is 9.27. The van der Waals surface area contributed by atoms with E-state index >= 15 is 0 Å². The van der Waals surface area contributed by atoms with E-state index in [1.807, 2.05) is 6.92 Å². The number of hydrogen-bond donors (Lipinski definition) is 1. The first-order valence-electron chi connectivity index (χ1n) is 6.09. The summed E-state index contributed by atoms with van der Waals surface area (Å²) in [4.78, 5) is 2.33. The predicted octanol–water partition coefficient (Wildman–Crippen LogP) is 0.741. The second kappa shape index (κ2) is 4.70. The van der Waals surface area contributed by atoms with Crippen LogP contribution in [-0.2, 0) is 4.74 Å². The largest absolute Gasteiger partial charge is 0.380 e. The summed E-state index contributed by atoms with van der Waals surface area (Å²) in [6.07, 6.45) is 3.88. The van der Waals surface area contributed by atoms with Crippen molar-refractivity contribution in [1.29, 1.82) is 5.26 Å². The van der Waals surface area contributed by atoms with E-state index < -0.39 is 5.54 Å². The minimum atomic E-state index is -0.399. The minimum Gasteiger partial charge on any atom is -0.380 e. The van der Waals surface area contributed by atoms with E-state index in [1.165, 1.54) is 12.8 Å². The molecule has 1 saturated carbocycles. The van der Waals surface area contributed by atoms with Gasteiger partial charge >= 0.3 is 0 Å². The average Bonchev–Trinajstić information content (AvgIpc) is 2.95. The average molecular weight is 223 g/mol. The SMILES string of the molecule is COC1CCN(CC(C)(C#N)NC2CC2)C1. The van der Waals surface area contributed by atoms with Crippen LogP contribution < -0.4 is 5.32 Å². The standard InChI is InChI=1S/C12H21N3O/c1-12(8-13,14-10-3-4-10)9-15-6-5-11(7-15)16-2/h10-11,14H,3-7,9H2,1-2H3. The van der Waals surface area contributed by atoms with Crippen LogP contribution in [-0.4, -0.2) is 49.3 Å². The number of nitrogens with zero attached hydrogens (tertiary/aromatic N) is 2. The smallest absolute Gasteiger partial charge is 0.116 e. The molecule has 0 aromatic carbocycles. The highest BCUT2D eigenvalue weighted by Crippen LogP contribution is 2.23. The van der Waals surface area contributed by atoms with Crippen molar-refractivity contribution in [1.82, 2.24) is 10.2 Å². The molecule has 2 rings (SSSR count). The molecule has 90 valence electrons. The molecule has 2 fully saturated rings. The van der Waals surface area contributed by atoms with E-state index in [2.05, 4.69) is 16.3 Å². The maximum atomic E-state index is 9.27. The number of nitrogens with one attached hydrogen (secondary N) is 1. The summed E-state index contributed by atoms with van der Waals surface area (Å²) >= 11 is 0. The van der Waals surface area contributed by atoms with Gasteiger partial charge in [0.15, 0.2) is 0 Å². The summed E-state index contributed by atoms with van der Waals surface area (Å²) in [5.74, 6) is 0. The van der Waals surface area contributed by atoms with Gasteiger partial charge in [0.2, 0.25) is 0 Å². The summed E-state index contributed by atoms with van der Waals surface area (Å²) in [5, 5.41) is 12.7. The van der Waals surface area contributed by atoms with Gasteiger partial charge in [0.25, 0.3) is 0 Å². The Morgan fingerprint density at radius 2 is 2.25 bits per heavy atom. The zero-order valence-electron chi connectivity index (χ0n) is 10.2. The van der Waals surface area contributed by atoms with Crippen LogP contribution in [0.5, 0.6) is 0 Å². The van der Waals surface area contributed by atoms with E-state index in [0.29, 0.717) is 12.1 Å². The van der Waals surface area contributed by atoms with E-state index in [1.54, 1.807) is 7.11 Å². The van der Waals surface area contributed by atoms with E-state index in [0.717, 1.165) is 26.1 Å². The van der Waals surface area contributed by atoms with Crippen molar-refractivity contribution < 1.29 is 4.74 Å². The molecule has 1 aliphatic carbocycles. The second-order valence-electron chi connectivity index (χ2n) is 5.24. The number of hydrogen-bond acceptors (Lipinski definition) is 4. The molecule has 2 atom stereocenters. The first-order chi connectivity index (χ1) is 7.65. The summed E-state index contributed by atoms with van der Waals surface area (Å²) < 4.78 is 5.34. The van der Waals surface area contributed by atoms with Crippen molar-refractivity contribution in [2.75, 3.05) is 26.7 Å². The van der Waals surface area contributed by atoms with Crippen molar-refractivity contribution in [3.63, 3.8) is 0 Å². The fraction of sp³-hybridized carbons (Fsp3) is 0.917. The number of ether oxygens (including phenoxy) is 1. The van der Waals surface area contributed by atoms with E-state index in [-0.39, 0.29) is 0 Å². The van der Waals surface area contributed by atoms with Gasteiger partial charge in [-0.2, -0.15) is 5.26 Å². The van der Waals surface area contributed by atoms with Gasteiger partial charge in [-0.15, -0.1) is 0 Å². The summed E-state index contributed by atoms with van der Waals surface area (Å²) in [7, 11) is 1.76. The van der Waals surface area contributed by atoms with Crippen LogP contribution in [0.1, 0.15) is 26.2 Å². The van der Waals surface area contributed by atoms with Crippen LogP contribution in [0.3, 0.4) is 0 Å². The van der Waals surface area contributed by atoms with Gasteiger partial charge in [-0.1, -0.05) is 0 Å². The second-order valence-corrected chi connectivity index (χ2v) is 5.24. The van der Waals surface area contributed by atoms with E-state index in [9.17, 15) is 5.26 Å². The Balaban J connectivity index is 1.84. The third-order valence-corrected chi connectivity index (χ3v) is 3.45. The topological polar surface area (TPSA) is 48.3 Å². The fourth-order valence-electron chi connectivity index (χ4n) is 2.37. The lowest BCUT2D eigenvalue weighted by atomic mass is 10.0. The first kappa shape index (κ1) is 11.8. The summed E-state index contributed by atoms with van der Waals surface area (Å²) in [6.45, 7) is 4.81. The number of methoxy groups -OCH3 is 1. The van der Waals surface area contributed by atoms with Crippen molar-refractivity contribution >= 4 is 0 Å². The minimum absolute atomic E-state index is 0.351. The molecule has 0 amide bonds. The molecular weight excluding hydrogens is 202 g/mol. The Morgan fingerprint density at radius 1 is 1.50 bits per heavy atom. The van der Waals surface area contributed by atoms with Gasteiger partial charge in [-0.25, -0.2) is 0 Å². The molecule has 4 heteroatoms. The predicted molar refractivity (Wildman–Crippen MR) is 62.0 cm³/mol. The van der Waals surface area contributed by atoms with Gasteiger partial charge in [0.05, 0.1) is 12.2 Å². The molecule has 2 aliphatic rings. The highest BCUT2D eigenvalue weighted by Gasteiger charge is 2.35. The molecule has 0 aromatic heterocycles. The zero-order valence-corrected chi connectivity index (χ0v) is 10.2. The molecule has 1 saturated heterocycles. The van der Waals surface area contributed by atoms with Crippen LogP contribution in [0.15, 0.2) is 0 Å². The van der Waals surface area contributed by atoms with Gasteiger partial charge in [0, 0.05) is 32.8 Å². The molecule has 16 heavy (non-hydrogen) atoms. The maximum Gasteiger partial charge on any atom is 0.116 e. The molecule has 0 bridgehead atoms. The zero-order chi connectivity index (χ0) is 11.6. The Labute approximate surface area is 97.6 Å². The Kier molecular flexibility index (Phi) is 3.48. The Hall–Kier alpha value is -0.630. The summed E-state index contributed by atoms with van der Waals surface area (Å²) in [6, 6.07) is 2.99. The summed E-state index contributed by atoms with van der Waals surface area (Å²) in [5.41, 5.74) is -0.399. The van der Waals surface area contributed by atoms with Gasteiger partial charge < -0.3 is 4.74 Å². The lowest BCUT2D eigenvalue weighted by Crippen LogP contribution is -2.51. The quantitative estimate of drug-likeness (QED) is 0.747. The van der Waals surface area contributed by atoms with Crippen LogP contribution in [0.4, 0.5) is 0 Å². The number of rotatable bonds is 5. The molecule has 4 nitrogen and oxygen atoms in total. The lowest BCUT2D eigenvalue weighted by Gasteiger charge is -2.28. The molecule has 0 radical (unpaired) electrons. The van der Waals surface area contributed by atoms with Crippen LogP contribution >= 0.6 is 0 Å². The van der Waals surface area contributed by atoms with E-state index in [4.69, 9.17) is 4.74 Å². The van der Waals surface area contributed by atoms with Crippen LogP contribution in [0, 0.1) is 11.3 Å². The number of likely N-dealkylation sites (tertiary alicyclic amines) is 1. The molecule has 1 aliphatic heterocycles. The Morgan fingerprint density at radius 3 is 2.75 bits per heavy atom. The molecule has 1 heterocycles. The van der Waals surface area contributed by atoms with Crippen molar-refractivity contribution in [2.24, 2.45) is 0 Å². The molecule has 0 spiro atoms. The van der Waals surface area contributed by atoms with Crippen LogP contribution in [0.2, 0.25) is 0 Å². The van der Waals surface area contributed by atoms with Crippen molar-refractivity contribution in [3.05, 3.63) is 0 Å². The highest BCUT2D eigenvalue weighted by molar-refractivity contribution is 5.09. The normalized spacial score (nSPS) is 29.9. The van der Waals surface area contributed by atoms with Crippen molar-refractivity contribution in [2.45, 2.75) is 43.9 Å². The monoisotopic (exact) mass is 223 g/mol. The fourth-order valence-corrected chi connectivity index (χ4v) is 2.37. The molecular formula is C12H21N3O. The highest BCUT2D eigenvalue weighted by atomic mass is 16.5. The number of nitriles is 1. The van der Waals surface area contributed by atoms with Gasteiger partial charge in [-0.05, 0) is 26.2 Å². The molecule has 2 unspecified atom stereocenters. The van der Waals surface area contributed by atoms with Crippen molar-refractivity contribution in [3.8, 4) is 6.07 Å². The third kappa shape index (κ3) is 2.94. The Bertz CT molecular complexity index is 284. The third-order valence-electron chi connectivity index (χ3n) is 3.45. The van der Waals surface area contributed by atoms with Gasteiger partial charge in [-0.3, -0.25) is 10.2 Å².